The molecule has 0 bridgehead atoms. The van der Waals surface area contributed by atoms with E-state index in [9.17, 15) is 9.90 Å². The van der Waals surface area contributed by atoms with Gasteiger partial charge >= 0.3 is 0 Å². The fourth-order valence-corrected chi connectivity index (χ4v) is 4.49. The van der Waals surface area contributed by atoms with Crippen molar-refractivity contribution >= 4 is 27.3 Å². The van der Waals surface area contributed by atoms with Crippen LogP contribution in [-0.2, 0) is 13.0 Å². The van der Waals surface area contributed by atoms with E-state index in [4.69, 9.17) is 4.74 Å². The van der Waals surface area contributed by atoms with Gasteiger partial charge in [-0.2, -0.15) is 4.98 Å². The number of rotatable bonds is 7. The molecule has 1 aromatic carbocycles. The van der Waals surface area contributed by atoms with Gasteiger partial charge in [0.2, 0.25) is 5.88 Å². The highest BCUT2D eigenvalue weighted by molar-refractivity contribution is 9.10. The average molecular weight is 542 g/mol. The summed E-state index contributed by atoms with van der Waals surface area (Å²) in [6, 6.07) is 7.60. The number of ether oxygens (including phenoxy) is 1. The first-order chi connectivity index (χ1) is 16.2. The molecule has 3 heterocycles. The van der Waals surface area contributed by atoms with Crippen molar-refractivity contribution in [1.29, 1.82) is 0 Å². The average Bonchev–Trinajstić information content (AvgIpc) is 3.21. The van der Waals surface area contributed by atoms with Crippen molar-refractivity contribution in [2.45, 2.75) is 46.8 Å². The minimum absolute atomic E-state index is 0.232. The summed E-state index contributed by atoms with van der Waals surface area (Å²) in [6.07, 6.45) is 1.50. The van der Waals surface area contributed by atoms with Gasteiger partial charge in [0.1, 0.15) is 22.7 Å². The molecule has 1 unspecified atom stereocenters. The molecule has 0 amide bonds. The van der Waals surface area contributed by atoms with E-state index in [1.807, 2.05) is 37.4 Å². The number of aryl methyl sites for hydroxylation is 3. The van der Waals surface area contributed by atoms with Crippen molar-refractivity contribution in [3.05, 3.63) is 78.6 Å². The molecular weight excluding hydrogens is 518 g/mol. The molecule has 0 saturated carbocycles. The molecule has 8 nitrogen and oxygen atoms in total. The minimum atomic E-state index is -0.534. The van der Waals surface area contributed by atoms with Gasteiger partial charge in [-0.3, -0.25) is 9.36 Å². The standard InChI is InChI=1S/C24H24BrN5O3S/c1-13-5-6-17(19-7-8-26-21(29-19)9-14(2)31)10-20(13)30-15(3)27-23(22(25)24(30)32)33-11-18-12-34-16(4)28-18/h5-8,10,12,14,31H,9,11H2,1-4H3. The normalized spacial score (nSPS) is 12.1. The Morgan fingerprint density at radius 2 is 1.97 bits per heavy atom. The van der Waals surface area contributed by atoms with Gasteiger partial charge in [-0.25, -0.2) is 15.0 Å². The van der Waals surface area contributed by atoms with Crippen LogP contribution in [0.15, 0.2) is 45.1 Å². The van der Waals surface area contributed by atoms with Crippen LogP contribution in [0.3, 0.4) is 0 Å². The molecule has 0 radical (unpaired) electrons. The summed E-state index contributed by atoms with van der Waals surface area (Å²) in [4.78, 5) is 31.1. The molecule has 34 heavy (non-hydrogen) atoms. The maximum atomic E-state index is 13.3. The summed E-state index contributed by atoms with van der Waals surface area (Å²) < 4.78 is 7.59. The Hall–Kier alpha value is -2.95. The van der Waals surface area contributed by atoms with Crippen molar-refractivity contribution in [2.75, 3.05) is 0 Å². The van der Waals surface area contributed by atoms with Crippen molar-refractivity contribution in [2.24, 2.45) is 0 Å². The number of hydrogen-bond acceptors (Lipinski definition) is 8. The van der Waals surface area contributed by atoms with Crippen LogP contribution < -0.4 is 10.3 Å². The number of nitrogens with zero attached hydrogens (tertiary/aromatic N) is 5. The topological polar surface area (TPSA) is 103 Å². The monoisotopic (exact) mass is 541 g/mol. The Kier molecular flexibility index (Phi) is 7.20. The molecule has 4 rings (SSSR count). The molecule has 10 heteroatoms. The Bertz CT molecular complexity index is 1400. The van der Waals surface area contributed by atoms with Crippen LogP contribution in [0.25, 0.3) is 16.9 Å². The third kappa shape index (κ3) is 5.24. The SMILES string of the molecule is Cc1nc(COc2nc(C)n(-c3cc(-c4ccnc(CC(C)O)n4)ccc3C)c(=O)c2Br)cs1. The highest BCUT2D eigenvalue weighted by Crippen LogP contribution is 2.26. The molecule has 1 N–H and O–H groups in total. The number of thiazole rings is 1. The van der Waals surface area contributed by atoms with Gasteiger partial charge in [0.25, 0.3) is 5.56 Å². The lowest BCUT2D eigenvalue weighted by molar-refractivity contribution is 0.193. The summed E-state index contributed by atoms with van der Waals surface area (Å²) in [5.41, 5.74) is 3.67. The maximum Gasteiger partial charge on any atom is 0.276 e. The Balaban J connectivity index is 1.70. The number of halogens is 1. The predicted octanol–water partition coefficient (Wildman–Crippen LogP) is 4.34. The number of hydrogen-bond donors (Lipinski definition) is 1. The van der Waals surface area contributed by atoms with Gasteiger partial charge in [0.15, 0.2) is 0 Å². The third-order valence-corrected chi connectivity index (χ3v) is 6.62. The van der Waals surface area contributed by atoms with Crippen LogP contribution in [0.1, 0.15) is 34.8 Å². The Labute approximate surface area is 209 Å². The number of aliphatic hydroxyl groups is 1. The Morgan fingerprint density at radius 1 is 1.18 bits per heavy atom. The fourth-order valence-electron chi connectivity index (χ4n) is 3.51. The van der Waals surface area contributed by atoms with E-state index in [2.05, 4.69) is 35.9 Å². The molecule has 0 aliphatic carbocycles. The highest BCUT2D eigenvalue weighted by atomic mass is 79.9. The summed E-state index contributed by atoms with van der Waals surface area (Å²) in [5.74, 6) is 1.29. The number of aliphatic hydroxyl groups excluding tert-OH is 1. The second-order valence-electron chi connectivity index (χ2n) is 7.98. The molecule has 1 atom stereocenters. The molecule has 4 aromatic rings. The van der Waals surface area contributed by atoms with E-state index in [1.165, 1.54) is 0 Å². The van der Waals surface area contributed by atoms with Gasteiger partial charge < -0.3 is 9.84 Å². The quantitative estimate of drug-likeness (QED) is 0.371. The van der Waals surface area contributed by atoms with Crippen LogP contribution in [0.4, 0.5) is 0 Å². The van der Waals surface area contributed by atoms with E-state index in [1.54, 1.807) is 42.0 Å². The first-order valence-electron chi connectivity index (χ1n) is 10.7. The smallest absolute Gasteiger partial charge is 0.276 e. The minimum Gasteiger partial charge on any atom is -0.470 e. The molecule has 0 fully saturated rings. The van der Waals surface area contributed by atoms with Gasteiger partial charge in [0.05, 0.1) is 28.2 Å². The molecule has 0 spiro atoms. The third-order valence-electron chi connectivity index (χ3n) is 5.12. The first-order valence-corrected chi connectivity index (χ1v) is 12.3. The van der Waals surface area contributed by atoms with Crippen molar-refractivity contribution in [3.8, 4) is 22.8 Å². The second kappa shape index (κ2) is 10.1. The molecule has 176 valence electrons. The lowest BCUT2D eigenvalue weighted by Gasteiger charge is -2.16. The largest absolute Gasteiger partial charge is 0.470 e. The highest BCUT2D eigenvalue weighted by Gasteiger charge is 2.18. The summed E-state index contributed by atoms with van der Waals surface area (Å²) in [6.45, 7) is 7.57. The van der Waals surface area contributed by atoms with Crippen molar-refractivity contribution in [3.63, 3.8) is 0 Å². The first kappa shape index (κ1) is 24.2. The van der Waals surface area contributed by atoms with E-state index in [0.717, 1.165) is 21.8 Å². The molecule has 3 aromatic heterocycles. The lowest BCUT2D eigenvalue weighted by Crippen LogP contribution is -2.24. The van der Waals surface area contributed by atoms with Gasteiger partial charge in [0, 0.05) is 23.6 Å². The van der Waals surface area contributed by atoms with Crippen LogP contribution in [0.5, 0.6) is 5.88 Å². The fraction of sp³-hybridized carbons (Fsp3) is 0.292. The molecule has 0 aliphatic heterocycles. The zero-order chi connectivity index (χ0) is 24.4. The maximum absolute atomic E-state index is 13.3. The van der Waals surface area contributed by atoms with Gasteiger partial charge in [-0.05, 0) is 61.3 Å². The zero-order valence-corrected chi connectivity index (χ0v) is 21.6. The van der Waals surface area contributed by atoms with Crippen molar-refractivity contribution < 1.29 is 9.84 Å². The van der Waals surface area contributed by atoms with E-state index >= 15 is 0 Å². The van der Waals surface area contributed by atoms with E-state index in [-0.39, 0.29) is 22.5 Å². The number of benzene rings is 1. The molecule has 0 aliphatic rings. The molecular formula is C24H24BrN5O3S. The van der Waals surface area contributed by atoms with Gasteiger partial charge in [-0.15, -0.1) is 11.3 Å². The second-order valence-corrected chi connectivity index (χ2v) is 9.83. The lowest BCUT2D eigenvalue weighted by atomic mass is 10.1. The van der Waals surface area contributed by atoms with Crippen molar-refractivity contribution in [1.82, 2.24) is 24.5 Å². The Morgan fingerprint density at radius 3 is 2.68 bits per heavy atom. The zero-order valence-electron chi connectivity index (χ0n) is 19.2. The van der Waals surface area contributed by atoms with E-state index in [0.29, 0.717) is 29.5 Å². The van der Waals surface area contributed by atoms with Crippen LogP contribution in [-0.4, -0.2) is 35.7 Å². The van der Waals surface area contributed by atoms with Crippen LogP contribution in [0.2, 0.25) is 0 Å². The summed E-state index contributed by atoms with van der Waals surface area (Å²) in [7, 11) is 0. The summed E-state index contributed by atoms with van der Waals surface area (Å²) in [5, 5.41) is 12.5. The molecule has 0 saturated heterocycles. The number of aromatic nitrogens is 5. The van der Waals surface area contributed by atoms with Gasteiger partial charge in [-0.1, -0.05) is 12.1 Å². The van der Waals surface area contributed by atoms with Crippen LogP contribution in [0, 0.1) is 20.8 Å². The van der Waals surface area contributed by atoms with Crippen LogP contribution >= 0.6 is 27.3 Å². The summed E-state index contributed by atoms with van der Waals surface area (Å²) >= 11 is 4.92. The predicted molar refractivity (Wildman–Crippen MR) is 135 cm³/mol. The van der Waals surface area contributed by atoms with E-state index < -0.39 is 6.10 Å².